The van der Waals surface area contributed by atoms with Gasteiger partial charge in [0.2, 0.25) is 5.95 Å². The minimum Gasteiger partial charge on any atom is -0.376 e. The van der Waals surface area contributed by atoms with Gasteiger partial charge in [-0.3, -0.25) is 4.79 Å². The summed E-state index contributed by atoms with van der Waals surface area (Å²) in [5, 5.41) is 6.68. The van der Waals surface area contributed by atoms with Crippen molar-refractivity contribution in [1.82, 2.24) is 9.97 Å². The van der Waals surface area contributed by atoms with E-state index in [2.05, 4.69) is 20.6 Å². The maximum atomic E-state index is 12.2. The Morgan fingerprint density at radius 3 is 2.79 bits per heavy atom. The van der Waals surface area contributed by atoms with Crippen molar-refractivity contribution >= 4 is 40.7 Å². The summed E-state index contributed by atoms with van der Waals surface area (Å²) in [5.74, 6) is 0.104. The molecule has 1 aliphatic heterocycles. The summed E-state index contributed by atoms with van der Waals surface area (Å²) >= 11 is 11.9. The van der Waals surface area contributed by atoms with E-state index < -0.39 is 0 Å². The number of benzene rings is 1. The normalized spacial score (nSPS) is 16.8. The van der Waals surface area contributed by atoms with E-state index in [1.54, 1.807) is 18.2 Å². The molecule has 1 atom stereocenters. The Labute approximate surface area is 149 Å². The van der Waals surface area contributed by atoms with Crippen LogP contribution >= 0.6 is 23.2 Å². The highest BCUT2D eigenvalue weighted by molar-refractivity contribution is 6.35. The molecule has 2 aromatic rings. The molecule has 1 fully saturated rings. The van der Waals surface area contributed by atoms with Gasteiger partial charge in [0.05, 0.1) is 22.4 Å². The number of ether oxygens (including phenoxy) is 1. The van der Waals surface area contributed by atoms with Gasteiger partial charge in [-0.05, 0) is 31.0 Å². The topological polar surface area (TPSA) is 76.1 Å². The van der Waals surface area contributed by atoms with Gasteiger partial charge in [0.15, 0.2) is 0 Å². The molecule has 0 aliphatic carbocycles. The van der Waals surface area contributed by atoms with Crippen LogP contribution in [0.25, 0.3) is 0 Å². The van der Waals surface area contributed by atoms with Crippen LogP contribution in [-0.4, -0.2) is 35.1 Å². The second kappa shape index (κ2) is 7.79. The number of hydrogen-bond donors (Lipinski definition) is 2. The number of hydrogen-bond acceptors (Lipinski definition) is 5. The SMILES string of the molecule is O=C(Nc1cc(Cl)ccc1Cl)c1cnc(NCC2CCCO2)nc1. The van der Waals surface area contributed by atoms with Gasteiger partial charge in [0.25, 0.3) is 5.91 Å². The standard InChI is InChI=1S/C16H16Cl2N4O2/c17-11-3-4-13(18)14(6-11)22-15(23)10-7-19-16(20-8-10)21-9-12-2-1-5-24-12/h3-4,6-8,12H,1-2,5,9H2,(H,22,23)(H,19,20,21). The Morgan fingerprint density at radius 2 is 2.08 bits per heavy atom. The predicted molar refractivity (Wildman–Crippen MR) is 93.9 cm³/mol. The molecule has 24 heavy (non-hydrogen) atoms. The second-order valence-corrected chi connectivity index (χ2v) is 6.23. The number of anilines is 2. The first kappa shape index (κ1) is 17.0. The molecule has 126 valence electrons. The van der Waals surface area contributed by atoms with E-state index in [9.17, 15) is 4.79 Å². The third-order valence-electron chi connectivity index (χ3n) is 3.60. The van der Waals surface area contributed by atoms with Gasteiger partial charge in [-0.25, -0.2) is 9.97 Å². The van der Waals surface area contributed by atoms with E-state index in [1.807, 2.05) is 0 Å². The lowest BCUT2D eigenvalue weighted by Gasteiger charge is -2.11. The molecule has 1 saturated heterocycles. The summed E-state index contributed by atoms with van der Waals surface area (Å²) in [6.07, 6.45) is 5.23. The van der Waals surface area contributed by atoms with Gasteiger partial charge in [-0.15, -0.1) is 0 Å². The van der Waals surface area contributed by atoms with Crippen molar-refractivity contribution in [2.75, 3.05) is 23.8 Å². The van der Waals surface area contributed by atoms with Crippen LogP contribution in [0.15, 0.2) is 30.6 Å². The molecule has 1 aliphatic rings. The summed E-state index contributed by atoms with van der Waals surface area (Å²) < 4.78 is 5.52. The molecular weight excluding hydrogens is 351 g/mol. The van der Waals surface area contributed by atoms with Crippen LogP contribution in [0.5, 0.6) is 0 Å². The van der Waals surface area contributed by atoms with Crippen LogP contribution in [-0.2, 0) is 4.74 Å². The summed E-state index contributed by atoms with van der Waals surface area (Å²) in [7, 11) is 0. The number of nitrogens with zero attached hydrogens (tertiary/aromatic N) is 2. The zero-order valence-electron chi connectivity index (χ0n) is 12.8. The quantitative estimate of drug-likeness (QED) is 0.844. The Balaban J connectivity index is 1.59. The highest BCUT2D eigenvalue weighted by Gasteiger charge is 2.15. The van der Waals surface area contributed by atoms with Crippen LogP contribution in [0.3, 0.4) is 0 Å². The average molecular weight is 367 g/mol. The number of carbonyl (C=O) groups is 1. The molecule has 0 bridgehead atoms. The third kappa shape index (κ3) is 4.35. The smallest absolute Gasteiger partial charge is 0.258 e. The van der Waals surface area contributed by atoms with Crippen molar-refractivity contribution < 1.29 is 9.53 Å². The molecule has 0 saturated carbocycles. The van der Waals surface area contributed by atoms with E-state index in [0.29, 0.717) is 33.8 Å². The zero-order chi connectivity index (χ0) is 16.9. The lowest BCUT2D eigenvalue weighted by atomic mass is 10.2. The van der Waals surface area contributed by atoms with Gasteiger partial charge in [0.1, 0.15) is 0 Å². The highest BCUT2D eigenvalue weighted by atomic mass is 35.5. The second-order valence-electron chi connectivity index (χ2n) is 5.39. The number of nitrogens with one attached hydrogen (secondary N) is 2. The van der Waals surface area contributed by atoms with Crippen LogP contribution in [0.2, 0.25) is 10.0 Å². The first-order valence-electron chi connectivity index (χ1n) is 7.56. The van der Waals surface area contributed by atoms with E-state index in [4.69, 9.17) is 27.9 Å². The number of aromatic nitrogens is 2. The van der Waals surface area contributed by atoms with Gasteiger partial charge in [-0.1, -0.05) is 23.2 Å². The fourth-order valence-corrected chi connectivity index (χ4v) is 2.67. The summed E-state index contributed by atoms with van der Waals surface area (Å²) in [4.78, 5) is 20.5. The first-order valence-corrected chi connectivity index (χ1v) is 8.31. The molecule has 0 spiro atoms. The molecule has 1 aromatic heterocycles. The maximum Gasteiger partial charge on any atom is 0.258 e. The van der Waals surface area contributed by atoms with Crippen molar-refractivity contribution in [3.8, 4) is 0 Å². The molecule has 1 amide bonds. The summed E-state index contributed by atoms with van der Waals surface area (Å²) in [6.45, 7) is 1.46. The highest BCUT2D eigenvalue weighted by Crippen LogP contribution is 2.25. The van der Waals surface area contributed by atoms with Crippen molar-refractivity contribution in [2.45, 2.75) is 18.9 Å². The zero-order valence-corrected chi connectivity index (χ0v) is 14.3. The Morgan fingerprint density at radius 1 is 1.29 bits per heavy atom. The number of halogens is 2. The summed E-state index contributed by atoms with van der Waals surface area (Å²) in [6, 6.07) is 4.85. The Kier molecular flexibility index (Phi) is 5.50. The molecule has 8 heteroatoms. The van der Waals surface area contributed by atoms with Gasteiger partial charge in [-0.2, -0.15) is 0 Å². The maximum absolute atomic E-state index is 12.2. The van der Waals surface area contributed by atoms with E-state index in [-0.39, 0.29) is 12.0 Å². The summed E-state index contributed by atoms with van der Waals surface area (Å²) in [5.41, 5.74) is 0.767. The molecule has 1 unspecified atom stereocenters. The lowest BCUT2D eigenvalue weighted by molar-refractivity contribution is 0.102. The van der Waals surface area contributed by atoms with Crippen LogP contribution in [0, 0.1) is 0 Å². The fourth-order valence-electron chi connectivity index (χ4n) is 2.33. The molecule has 3 rings (SSSR count). The number of rotatable bonds is 5. The molecule has 6 nitrogen and oxygen atoms in total. The molecule has 0 radical (unpaired) electrons. The largest absolute Gasteiger partial charge is 0.376 e. The van der Waals surface area contributed by atoms with Crippen molar-refractivity contribution in [3.05, 3.63) is 46.2 Å². The lowest BCUT2D eigenvalue weighted by Crippen LogP contribution is -2.20. The fraction of sp³-hybridized carbons (Fsp3) is 0.312. The van der Waals surface area contributed by atoms with E-state index in [0.717, 1.165) is 19.4 Å². The first-order chi connectivity index (χ1) is 11.6. The Bertz CT molecular complexity index is 719. The van der Waals surface area contributed by atoms with E-state index >= 15 is 0 Å². The van der Waals surface area contributed by atoms with Gasteiger partial charge in [0, 0.05) is 30.6 Å². The van der Waals surface area contributed by atoms with Gasteiger partial charge < -0.3 is 15.4 Å². The van der Waals surface area contributed by atoms with Crippen LogP contribution < -0.4 is 10.6 Å². The molecule has 2 N–H and O–H groups in total. The number of amides is 1. The van der Waals surface area contributed by atoms with Crippen molar-refractivity contribution in [2.24, 2.45) is 0 Å². The van der Waals surface area contributed by atoms with E-state index in [1.165, 1.54) is 12.4 Å². The van der Waals surface area contributed by atoms with Gasteiger partial charge >= 0.3 is 0 Å². The van der Waals surface area contributed by atoms with Crippen LogP contribution in [0.1, 0.15) is 23.2 Å². The Hall–Kier alpha value is -1.89. The molecular formula is C16H16Cl2N4O2. The average Bonchev–Trinajstić information content (AvgIpc) is 3.10. The third-order valence-corrected chi connectivity index (χ3v) is 4.17. The van der Waals surface area contributed by atoms with Crippen molar-refractivity contribution in [3.63, 3.8) is 0 Å². The monoisotopic (exact) mass is 366 g/mol. The number of carbonyl (C=O) groups excluding carboxylic acids is 1. The molecule has 2 heterocycles. The van der Waals surface area contributed by atoms with Crippen LogP contribution in [0.4, 0.5) is 11.6 Å². The van der Waals surface area contributed by atoms with Crippen molar-refractivity contribution in [1.29, 1.82) is 0 Å². The minimum atomic E-state index is -0.357. The minimum absolute atomic E-state index is 0.196. The predicted octanol–water partition coefficient (Wildman–Crippen LogP) is 3.63. The molecule has 1 aromatic carbocycles.